The summed E-state index contributed by atoms with van der Waals surface area (Å²) in [7, 11) is 0. The normalized spacial score (nSPS) is 12.2. The van der Waals surface area contributed by atoms with Crippen LogP contribution in [0.1, 0.15) is 24.2 Å². The summed E-state index contributed by atoms with van der Waals surface area (Å²) in [6.07, 6.45) is -0.683. The zero-order valence-electron chi connectivity index (χ0n) is 12.4. The second-order valence-electron chi connectivity index (χ2n) is 4.92. The number of hydrogen-bond donors (Lipinski definition) is 3. The average Bonchev–Trinajstić information content (AvgIpc) is 2.45. The molecule has 21 heavy (non-hydrogen) atoms. The SMILES string of the molecule is CCN(CC(=O)NCC(=O)O)CC(O)c1ccc(C)cc1. The van der Waals surface area contributed by atoms with Crippen molar-refractivity contribution in [2.45, 2.75) is 20.0 Å². The van der Waals surface area contributed by atoms with Gasteiger partial charge in [-0.15, -0.1) is 0 Å². The van der Waals surface area contributed by atoms with Gasteiger partial charge in [0.1, 0.15) is 6.54 Å². The molecule has 1 amide bonds. The quantitative estimate of drug-likeness (QED) is 0.651. The van der Waals surface area contributed by atoms with Gasteiger partial charge in [-0.05, 0) is 19.0 Å². The van der Waals surface area contributed by atoms with Gasteiger partial charge in [0.05, 0.1) is 12.6 Å². The summed E-state index contributed by atoms with van der Waals surface area (Å²) in [5.41, 5.74) is 1.91. The van der Waals surface area contributed by atoms with E-state index in [9.17, 15) is 14.7 Å². The molecule has 0 bridgehead atoms. The highest BCUT2D eigenvalue weighted by Crippen LogP contribution is 2.14. The molecule has 0 radical (unpaired) electrons. The average molecular weight is 294 g/mol. The van der Waals surface area contributed by atoms with E-state index in [1.54, 1.807) is 4.90 Å². The fourth-order valence-corrected chi connectivity index (χ4v) is 1.88. The van der Waals surface area contributed by atoms with Crippen LogP contribution in [0.25, 0.3) is 0 Å². The van der Waals surface area contributed by atoms with Crippen molar-refractivity contribution in [2.24, 2.45) is 0 Å². The van der Waals surface area contributed by atoms with Gasteiger partial charge >= 0.3 is 5.97 Å². The molecular formula is C15H22N2O4. The summed E-state index contributed by atoms with van der Waals surface area (Å²) in [4.78, 5) is 23.7. The van der Waals surface area contributed by atoms with Gasteiger partial charge in [0, 0.05) is 6.54 Å². The van der Waals surface area contributed by atoms with E-state index in [0.29, 0.717) is 13.1 Å². The number of carbonyl (C=O) groups is 2. The number of nitrogens with zero attached hydrogens (tertiary/aromatic N) is 1. The van der Waals surface area contributed by atoms with Crippen molar-refractivity contribution in [2.75, 3.05) is 26.2 Å². The first-order valence-electron chi connectivity index (χ1n) is 6.87. The zero-order valence-corrected chi connectivity index (χ0v) is 12.4. The summed E-state index contributed by atoms with van der Waals surface area (Å²) >= 11 is 0. The summed E-state index contributed by atoms with van der Waals surface area (Å²) < 4.78 is 0. The number of aryl methyl sites for hydroxylation is 1. The molecule has 1 unspecified atom stereocenters. The number of nitrogens with one attached hydrogen (secondary N) is 1. The van der Waals surface area contributed by atoms with Crippen LogP contribution in [0, 0.1) is 6.92 Å². The van der Waals surface area contributed by atoms with Gasteiger partial charge in [0.15, 0.2) is 0 Å². The maximum atomic E-state index is 11.6. The van der Waals surface area contributed by atoms with Crippen LogP contribution in [0.15, 0.2) is 24.3 Å². The Balaban J connectivity index is 2.51. The molecule has 0 aliphatic heterocycles. The minimum Gasteiger partial charge on any atom is -0.480 e. The molecule has 1 atom stereocenters. The Morgan fingerprint density at radius 3 is 2.43 bits per heavy atom. The van der Waals surface area contributed by atoms with Crippen LogP contribution >= 0.6 is 0 Å². The van der Waals surface area contributed by atoms with E-state index in [4.69, 9.17) is 5.11 Å². The number of rotatable bonds is 8. The number of aliphatic carboxylic acids is 1. The summed E-state index contributed by atoms with van der Waals surface area (Å²) in [5.74, 6) is -1.44. The second kappa shape index (κ2) is 8.39. The molecule has 3 N–H and O–H groups in total. The number of carbonyl (C=O) groups excluding carboxylic acids is 1. The Morgan fingerprint density at radius 2 is 1.90 bits per heavy atom. The molecule has 0 saturated carbocycles. The maximum absolute atomic E-state index is 11.6. The van der Waals surface area contributed by atoms with E-state index in [0.717, 1.165) is 11.1 Å². The van der Waals surface area contributed by atoms with Gasteiger partial charge in [-0.1, -0.05) is 36.8 Å². The number of carboxylic acid groups (broad SMARTS) is 1. The Labute approximate surface area is 124 Å². The fourth-order valence-electron chi connectivity index (χ4n) is 1.88. The molecule has 0 spiro atoms. The fraction of sp³-hybridized carbons (Fsp3) is 0.467. The maximum Gasteiger partial charge on any atom is 0.322 e. The number of benzene rings is 1. The van der Waals surface area contributed by atoms with Crippen LogP contribution in [0.5, 0.6) is 0 Å². The molecular weight excluding hydrogens is 272 g/mol. The van der Waals surface area contributed by atoms with Crippen LogP contribution in [0.2, 0.25) is 0 Å². The monoisotopic (exact) mass is 294 g/mol. The molecule has 0 fully saturated rings. The molecule has 116 valence electrons. The summed E-state index contributed by atoms with van der Waals surface area (Å²) in [6, 6.07) is 7.57. The first-order chi connectivity index (χ1) is 9.92. The molecule has 0 aromatic heterocycles. The molecule has 1 rings (SSSR count). The minimum absolute atomic E-state index is 0.0622. The first-order valence-corrected chi connectivity index (χ1v) is 6.87. The third kappa shape index (κ3) is 6.37. The van der Waals surface area contributed by atoms with E-state index in [1.165, 1.54) is 0 Å². The van der Waals surface area contributed by atoms with Crippen molar-refractivity contribution in [3.05, 3.63) is 35.4 Å². The highest BCUT2D eigenvalue weighted by molar-refractivity contribution is 5.82. The lowest BCUT2D eigenvalue weighted by molar-refractivity contribution is -0.138. The molecule has 0 saturated heterocycles. The lowest BCUT2D eigenvalue weighted by Crippen LogP contribution is -2.40. The highest BCUT2D eigenvalue weighted by Gasteiger charge is 2.15. The first kappa shape index (κ1) is 17.1. The third-order valence-corrected chi connectivity index (χ3v) is 3.14. The minimum atomic E-state index is -1.08. The van der Waals surface area contributed by atoms with E-state index < -0.39 is 18.6 Å². The van der Waals surface area contributed by atoms with Gasteiger partial charge in [-0.2, -0.15) is 0 Å². The molecule has 0 aliphatic carbocycles. The molecule has 0 heterocycles. The number of likely N-dealkylation sites (N-methyl/N-ethyl adjacent to an activating group) is 1. The largest absolute Gasteiger partial charge is 0.480 e. The topological polar surface area (TPSA) is 89.9 Å². The zero-order chi connectivity index (χ0) is 15.8. The lowest BCUT2D eigenvalue weighted by Gasteiger charge is -2.23. The van der Waals surface area contributed by atoms with E-state index >= 15 is 0 Å². The van der Waals surface area contributed by atoms with E-state index in [-0.39, 0.29) is 12.5 Å². The number of hydrogen-bond acceptors (Lipinski definition) is 4. The second-order valence-corrected chi connectivity index (χ2v) is 4.92. The van der Waals surface area contributed by atoms with Crippen LogP contribution < -0.4 is 5.32 Å². The van der Waals surface area contributed by atoms with Gasteiger partial charge in [0.2, 0.25) is 5.91 Å². The number of amides is 1. The van der Waals surface area contributed by atoms with Crippen molar-refractivity contribution in [1.82, 2.24) is 10.2 Å². The van der Waals surface area contributed by atoms with Crippen LogP contribution in [-0.2, 0) is 9.59 Å². The summed E-state index contributed by atoms with van der Waals surface area (Å²) in [6.45, 7) is 4.43. The summed E-state index contributed by atoms with van der Waals surface area (Å²) in [5, 5.41) is 21.0. The van der Waals surface area contributed by atoms with Crippen molar-refractivity contribution in [1.29, 1.82) is 0 Å². The Kier molecular flexibility index (Phi) is 6.84. The van der Waals surface area contributed by atoms with Gasteiger partial charge in [-0.3, -0.25) is 14.5 Å². The standard InChI is InChI=1S/C15H22N2O4/c1-3-17(10-14(19)16-8-15(20)21)9-13(18)12-6-4-11(2)5-7-12/h4-7,13,18H,3,8-10H2,1-2H3,(H,16,19)(H,20,21). The predicted molar refractivity (Wildman–Crippen MR) is 78.9 cm³/mol. The van der Waals surface area contributed by atoms with Crippen LogP contribution in [-0.4, -0.2) is 53.2 Å². The van der Waals surface area contributed by atoms with Crippen LogP contribution in [0.4, 0.5) is 0 Å². The van der Waals surface area contributed by atoms with Gasteiger partial charge in [-0.25, -0.2) is 0 Å². The van der Waals surface area contributed by atoms with Gasteiger partial charge in [0.25, 0.3) is 0 Å². The molecule has 1 aromatic rings. The van der Waals surface area contributed by atoms with Gasteiger partial charge < -0.3 is 15.5 Å². The van der Waals surface area contributed by atoms with Crippen molar-refractivity contribution in [3.8, 4) is 0 Å². The Hall–Kier alpha value is -1.92. The predicted octanol–water partition coefficient (Wildman–Crippen LogP) is 0.551. The molecule has 6 nitrogen and oxygen atoms in total. The Morgan fingerprint density at radius 1 is 1.29 bits per heavy atom. The van der Waals surface area contributed by atoms with Crippen molar-refractivity contribution >= 4 is 11.9 Å². The van der Waals surface area contributed by atoms with E-state index in [2.05, 4.69) is 5.32 Å². The highest BCUT2D eigenvalue weighted by atomic mass is 16.4. The lowest BCUT2D eigenvalue weighted by atomic mass is 10.1. The smallest absolute Gasteiger partial charge is 0.322 e. The Bertz CT molecular complexity index is 473. The number of carboxylic acids is 1. The molecule has 0 aliphatic rings. The molecule has 1 aromatic carbocycles. The van der Waals surface area contributed by atoms with Crippen molar-refractivity contribution < 1.29 is 19.8 Å². The third-order valence-electron chi connectivity index (χ3n) is 3.14. The van der Waals surface area contributed by atoms with Crippen molar-refractivity contribution in [3.63, 3.8) is 0 Å². The number of aliphatic hydroxyl groups is 1. The number of aliphatic hydroxyl groups excluding tert-OH is 1. The van der Waals surface area contributed by atoms with E-state index in [1.807, 2.05) is 38.1 Å². The molecule has 6 heteroatoms. The van der Waals surface area contributed by atoms with Crippen LogP contribution in [0.3, 0.4) is 0 Å².